The number of rotatable bonds is 4. The molecule has 0 bridgehead atoms. The van der Waals surface area contributed by atoms with Crippen LogP contribution in [0.3, 0.4) is 0 Å². The minimum absolute atomic E-state index is 0.0113. The quantitative estimate of drug-likeness (QED) is 0.691. The van der Waals surface area contributed by atoms with Gasteiger partial charge in [0, 0.05) is 24.1 Å². The van der Waals surface area contributed by atoms with Crippen molar-refractivity contribution in [2.24, 2.45) is 5.41 Å². The van der Waals surface area contributed by atoms with E-state index >= 15 is 0 Å². The van der Waals surface area contributed by atoms with Crippen LogP contribution in [0.5, 0.6) is 0 Å². The summed E-state index contributed by atoms with van der Waals surface area (Å²) in [7, 11) is 0. The second-order valence-electron chi connectivity index (χ2n) is 4.74. The normalized spacial score (nSPS) is 11.3. The summed E-state index contributed by atoms with van der Waals surface area (Å²) < 4.78 is 13.1. The highest BCUT2D eigenvalue weighted by Gasteiger charge is 2.18. The summed E-state index contributed by atoms with van der Waals surface area (Å²) in [6.45, 7) is 3.91. The van der Waals surface area contributed by atoms with E-state index in [0.717, 1.165) is 6.07 Å². The van der Waals surface area contributed by atoms with Crippen molar-refractivity contribution in [2.75, 3.05) is 18.9 Å². The molecule has 0 aliphatic rings. The first-order chi connectivity index (χ1) is 7.85. The van der Waals surface area contributed by atoms with E-state index in [4.69, 9.17) is 10.8 Å². The zero-order chi connectivity index (χ0) is 13.1. The van der Waals surface area contributed by atoms with E-state index in [2.05, 4.69) is 5.32 Å². The maximum atomic E-state index is 13.1. The number of nitrogens with one attached hydrogen (secondary N) is 1. The van der Waals surface area contributed by atoms with Crippen LogP contribution < -0.4 is 11.1 Å². The number of halogens is 1. The minimum atomic E-state index is -0.612. The third kappa shape index (κ3) is 3.71. The molecule has 4 nitrogen and oxygen atoms in total. The monoisotopic (exact) mass is 240 g/mol. The molecule has 1 amide bonds. The largest absolute Gasteiger partial charge is 0.396 e. The molecule has 0 atom stereocenters. The van der Waals surface area contributed by atoms with Crippen LogP contribution in [0, 0.1) is 11.2 Å². The number of benzene rings is 1. The van der Waals surface area contributed by atoms with Crippen molar-refractivity contribution in [3.05, 3.63) is 29.6 Å². The fraction of sp³-hybridized carbons (Fsp3) is 0.417. The Morgan fingerprint density at radius 2 is 2.18 bits per heavy atom. The molecule has 5 heteroatoms. The molecule has 0 saturated carbocycles. The highest BCUT2D eigenvalue weighted by atomic mass is 19.1. The average Bonchev–Trinajstić information content (AvgIpc) is 2.30. The number of aliphatic hydroxyl groups is 1. The molecule has 0 heterocycles. The van der Waals surface area contributed by atoms with E-state index < -0.39 is 11.2 Å². The van der Waals surface area contributed by atoms with E-state index in [-0.39, 0.29) is 23.8 Å². The fourth-order valence-electron chi connectivity index (χ4n) is 1.15. The summed E-state index contributed by atoms with van der Waals surface area (Å²) >= 11 is 0. The maximum absolute atomic E-state index is 13.1. The van der Waals surface area contributed by atoms with Crippen LogP contribution in [0.15, 0.2) is 18.2 Å². The van der Waals surface area contributed by atoms with Gasteiger partial charge in [-0.15, -0.1) is 0 Å². The van der Waals surface area contributed by atoms with E-state index in [1.165, 1.54) is 12.1 Å². The van der Waals surface area contributed by atoms with Gasteiger partial charge in [0.05, 0.1) is 5.69 Å². The van der Waals surface area contributed by atoms with Gasteiger partial charge in [-0.1, -0.05) is 13.8 Å². The van der Waals surface area contributed by atoms with Gasteiger partial charge in [-0.05, 0) is 18.2 Å². The Bertz CT molecular complexity index is 419. The molecule has 1 aromatic carbocycles. The zero-order valence-electron chi connectivity index (χ0n) is 9.96. The van der Waals surface area contributed by atoms with Gasteiger partial charge in [0.15, 0.2) is 0 Å². The molecule has 0 aliphatic carbocycles. The molecule has 94 valence electrons. The number of anilines is 1. The molecule has 0 aromatic heterocycles. The Hall–Kier alpha value is -1.62. The second-order valence-corrected chi connectivity index (χ2v) is 4.74. The van der Waals surface area contributed by atoms with Crippen molar-refractivity contribution in [2.45, 2.75) is 13.8 Å². The summed E-state index contributed by atoms with van der Waals surface area (Å²) in [5.74, 6) is -0.996. The number of carbonyl (C=O) groups is 1. The Labute approximate surface area is 99.6 Å². The van der Waals surface area contributed by atoms with Gasteiger partial charge in [0.25, 0.3) is 5.91 Å². The fourth-order valence-corrected chi connectivity index (χ4v) is 1.15. The average molecular weight is 240 g/mol. The van der Waals surface area contributed by atoms with Crippen molar-refractivity contribution in [1.82, 2.24) is 5.32 Å². The highest BCUT2D eigenvalue weighted by Crippen LogP contribution is 2.14. The zero-order valence-corrected chi connectivity index (χ0v) is 9.96. The number of hydrogen-bond donors (Lipinski definition) is 3. The van der Waals surface area contributed by atoms with Crippen molar-refractivity contribution in [3.63, 3.8) is 0 Å². The van der Waals surface area contributed by atoms with Gasteiger partial charge in [-0.25, -0.2) is 4.39 Å². The van der Waals surface area contributed by atoms with Crippen molar-refractivity contribution in [1.29, 1.82) is 0 Å². The molecule has 0 fully saturated rings. The van der Waals surface area contributed by atoms with Crippen LogP contribution in [0.25, 0.3) is 0 Å². The molecule has 0 unspecified atom stereocenters. The van der Waals surface area contributed by atoms with E-state index in [9.17, 15) is 9.18 Å². The van der Waals surface area contributed by atoms with Crippen LogP contribution in [0.4, 0.5) is 10.1 Å². The topological polar surface area (TPSA) is 75.3 Å². The molecular formula is C12H17FN2O2. The number of aliphatic hydroxyl groups excluding tert-OH is 1. The van der Waals surface area contributed by atoms with Gasteiger partial charge in [0.1, 0.15) is 5.82 Å². The minimum Gasteiger partial charge on any atom is -0.396 e. The van der Waals surface area contributed by atoms with Crippen molar-refractivity contribution in [3.8, 4) is 0 Å². The molecule has 0 saturated heterocycles. The number of hydrogen-bond acceptors (Lipinski definition) is 3. The van der Waals surface area contributed by atoms with Crippen LogP contribution >= 0.6 is 0 Å². The molecule has 1 aromatic rings. The SMILES string of the molecule is CC(C)(CO)CNC(=O)c1ccc(N)c(F)c1. The van der Waals surface area contributed by atoms with E-state index in [0.29, 0.717) is 6.54 Å². The lowest BCUT2D eigenvalue weighted by Crippen LogP contribution is -2.36. The Balaban J connectivity index is 2.68. The molecule has 0 radical (unpaired) electrons. The molecular weight excluding hydrogens is 223 g/mol. The number of carbonyl (C=O) groups excluding carboxylic acids is 1. The Morgan fingerprint density at radius 1 is 1.53 bits per heavy atom. The van der Waals surface area contributed by atoms with E-state index in [1.807, 2.05) is 13.8 Å². The van der Waals surface area contributed by atoms with Gasteiger partial charge in [-0.3, -0.25) is 4.79 Å². The van der Waals surface area contributed by atoms with Crippen LogP contribution in [0.1, 0.15) is 24.2 Å². The Kier molecular flexibility index (Phi) is 4.07. The summed E-state index contributed by atoms with van der Waals surface area (Å²) in [6, 6.07) is 3.90. The first kappa shape index (κ1) is 13.4. The standard InChI is InChI=1S/C12H17FN2O2/c1-12(2,7-16)6-15-11(17)8-3-4-10(14)9(13)5-8/h3-5,16H,6-7,14H2,1-2H3,(H,15,17). The first-order valence-electron chi connectivity index (χ1n) is 5.30. The lowest BCUT2D eigenvalue weighted by molar-refractivity contribution is 0.0910. The first-order valence-corrected chi connectivity index (χ1v) is 5.30. The summed E-state index contributed by atoms with van der Waals surface area (Å²) in [6.07, 6.45) is 0. The Morgan fingerprint density at radius 3 is 2.71 bits per heavy atom. The van der Waals surface area contributed by atoms with Crippen molar-refractivity contribution < 1.29 is 14.3 Å². The van der Waals surface area contributed by atoms with Crippen LogP contribution in [-0.4, -0.2) is 24.2 Å². The van der Waals surface area contributed by atoms with Gasteiger partial charge < -0.3 is 16.2 Å². The highest BCUT2D eigenvalue weighted by molar-refractivity contribution is 5.94. The lowest BCUT2D eigenvalue weighted by atomic mass is 9.95. The molecule has 0 spiro atoms. The number of amides is 1. The lowest BCUT2D eigenvalue weighted by Gasteiger charge is -2.21. The number of nitrogen functional groups attached to an aromatic ring is 1. The number of nitrogens with two attached hydrogens (primary N) is 1. The molecule has 0 aliphatic heterocycles. The smallest absolute Gasteiger partial charge is 0.251 e. The van der Waals surface area contributed by atoms with Crippen molar-refractivity contribution >= 4 is 11.6 Å². The molecule has 4 N–H and O–H groups in total. The molecule has 17 heavy (non-hydrogen) atoms. The third-order valence-electron chi connectivity index (χ3n) is 2.42. The van der Waals surface area contributed by atoms with Gasteiger partial charge >= 0.3 is 0 Å². The predicted octanol–water partition coefficient (Wildman–Crippen LogP) is 1.16. The maximum Gasteiger partial charge on any atom is 0.251 e. The summed E-state index contributed by atoms with van der Waals surface area (Å²) in [5.41, 5.74) is 5.14. The summed E-state index contributed by atoms with van der Waals surface area (Å²) in [4.78, 5) is 11.7. The van der Waals surface area contributed by atoms with Crippen LogP contribution in [-0.2, 0) is 0 Å². The molecule has 1 rings (SSSR count). The van der Waals surface area contributed by atoms with Crippen LogP contribution in [0.2, 0.25) is 0 Å². The van der Waals surface area contributed by atoms with Gasteiger partial charge in [-0.2, -0.15) is 0 Å². The third-order valence-corrected chi connectivity index (χ3v) is 2.42. The predicted molar refractivity (Wildman–Crippen MR) is 64.0 cm³/mol. The summed E-state index contributed by atoms with van der Waals surface area (Å²) in [5, 5.41) is 11.7. The van der Waals surface area contributed by atoms with E-state index in [1.54, 1.807) is 0 Å². The second kappa shape index (κ2) is 5.14. The van der Waals surface area contributed by atoms with Gasteiger partial charge in [0.2, 0.25) is 0 Å².